The van der Waals surface area contributed by atoms with Crippen LogP contribution in [0.15, 0.2) is 60.8 Å². The zero-order chi connectivity index (χ0) is 19.4. The fourth-order valence-corrected chi connectivity index (χ4v) is 3.64. The molecule has 0 aromatic heterocycles. The smallest absolute Gasteiger partial charge is 0.290 e. The van der Waals surface area contributed by atoms with E-state index in [2.05, 4.69) is 68.7 Å². The van der Waals surface area contributed by atoms with Gasteiger partial charge in [-0.2, -0.15) is 0 Å². The minimum Gasteiger partial charge on any atom is -0.452 e. The van der Waals surface area contributed by atoms with Crippen molar-refractivity contribution in [3.8, 4) is 0 Å². The number of rotatable bonds is 13. The van der Waals surface area contributed by atoms with Crippen LogP contribution in [0.1, 0.15) is 57.1 Å². The van der Waals surface area contributed by atoms with Gasteiger partial charge in [-0.05, 0) is 51.5 Å². The molecule has 142 valence electrons. The summed E-state index contributed by atoms with van der Waals surface area (Å²) in [5.74, 6) is 0. The third kappa shape index (κ3) is 7.66. The molecule has 0 fully saturated rings. The Balaban J connectivity index is 2.97. The van der Waals surface area contributed by atoms with Gasteiger partial charge in [-0.1, -0.05) is 74.1 Å². The Hall–Kier alpha value is -1.74. The molecular weight excluding hydrogens is 317 g/mol. The van der Waals surface area contributed by atoms with Crippen molar-refractivity contribution in [2.45, 2.75) is 59.3 Å². The molecule has 0 amide bonds. The largest absolute Gasteiger partial charge is 0.452 e. The maximum absolute atomic E-state index is 9.21. The molecule has 1 rings (SSSR count). The first-order valence-corrected chi connectivity index (χ1v) is 9.85. The van der Waals surface area contributed by atoms with Gasteiger partial charge in [-0.25, -0.2) is 0 Å². The third-order valence-electron chi connectivity index (χ3n) is 4.87. The molecule has 0 bridgehead atoms. The standard InChI is InChI=1S/C23H36BNO/c1-6-14-23(21(5)25-18-24-26,15-9-7-8-11-19(2)3)17-22-13-10-12-20(4)16-22/h8,10-13,16,24-26H,2,5-7,9,14-15,17-18H2,1,3-4H3/b11-8+. The SMILES string of the molecule is C=C(C)/C=C/CCCC(CCC)(Cc1cccc(C)c1)C(=C)NCBO. The second-order valence-corrected chi connectivity index (χ2v) is 7.47. The van der Waals surface area contributed by atoms with Gasteiger partial charge in [0.2, 0.25) is 0 Å². The molecule has 0 saturated carbocycles. The Morgan fingerprint density at radius 1 is 1.31 bits per heavy atom. The lowest BCUT2D eigenvalue weighted by Crippen LogP contribution is -2.35. The first kappa shape index (κ1) is 22.3. The predicted molar refractivity (Wildman–Crippen MR) is 117 cm³/mol. The van der Waals surface area contributed by atoms with Crippen LogP contribution in [0, 0.1) is 12.3 Å². The normalized spacial score (nSPS) is 13.4. The molecule has 0 aliphatic carbocycles. The number of allylic oxidation sites excluding steroid dienone is 4. The van der Waals surface area contributed by atoms with Crippen molar-refractivity contribution in [2.24, 2.45) is 5.41 Å². The van der Waals surface area contributed by atoms with E-state index in [9.17, 15) is 5.02 Å². The Bertz CT molecular complexity index is 608. The van der Waals surface area contributed by atoms with E-state index < -0.39 is 0 Å². The predicted octanol–water partition coefficient (Wildman–Crippen LogP) is 5.03. The minimum absolute atomic E-state index is 0.0226. The Kier molecular flexibility index (Phi) is 10.1. The number of benzene rings is 1. The van der Waals surface area contributed by atoms with Crippen LogP contribution in [0.3, 0.4) is 0 Å². The molecule has 0 heterocycles. The second kappa shape index (κ2) is 11.8. The highest BCUT2D eigenvalue weighted by molar-refractivity contribution is 6.25. The molecule has 0 saturated heterocycles. The minimum atomic E-state index is 0.0226. The van der Waals surface area contributed by atoms with Gasteiger partial charge in [-0.15, -0.1) is 0 Å². The summed E-state index contributed by atoms with van der Waals surface area (Å²) in [6.45, 7) is 14.7. The van der Waals surface area contributed by atoms with Crippen LogP contribution in [-0.2, 0) is 6.42 Å². The third-order valence-corrected chi connectivity index (χ3v) is 4.87. The molecule has 1 aromatic carbocycles. The van der Waals surface area contributed by atoms with Crippen LogP contribution < -0.4 is 5.32 Å². The Morgan fingerprint density at radius 2 is 2.08 bits per heavy atom. The average Bonchev–Trinajstić information content (AvgIpc) is 2.59. The number of nitrogens with one attached hydrogen (secondary N) is 1. The summed E-state index contributed by atoms with van der Waals surface area (Å²) in [6.07, 6.45) is 11.4. The Morgan fingerprint density at radius 3 is 2.69 bits per heavy atom. The molecule has 1 unspecified atom stereocenters. The molecule has 26 heavy (non-hydrogen) atoms. The lowest BCUT2D eigenvalue weighted by atomic mass is 9.71. The first-order chi connectivity index (χ1) is 12.4. The van der Waals surface area contributed by atoms with Gasteiger partial charge in [-0.3, -0.25) is 0 Å². The molecule has 0 spiro atoms. The van der Waals surface area contributed by atoms with Crippen molar-refractivity contribution in [3.05, 3.63) is 72.0 Å². The van der Waals surface area contributed by atoms with Gasteiger partial charge in [0.25, 0.3) is 7.48 Å². The average molecular weight is 353 g/mol. The first-order valence-electron chi connectivity index (χ1n) is 9.85. The zero-order valence-corrected chi connectivity index (χ0v) is 17.0. The van der Waals surface area contributed by atoms with Crippen molar-refractivity contribution in [2.75, 3.05) is 6.44 Å². The van der Waals surface area contributed by atoms with E-state index >= 15 is 0 Å². The number of unbranched alkanes of at least 4 members (excludes halogenated alkanes) is 1. The fourth-order valence-electron chi connectivity index (χ4n) is 3.64. The van der Waals surface area contributed by atoms with Crippen molar-refractivity contribution in [1.29, 1.82) is 0 Å². The molecule has 3 heteroatoms. The number of hydrogen-bond donors (Lipinski definition) is 2. The molecule has 2 nitrogen and oxygen atoms in total. The van der Waals surface area contributed by atoms with Crippen molar-refractivity contribution < 1.29 is 5.02 Å². The van der Waals surface area contributed by atoms with E-state index in [0.29, 0.717) is 6.44 Å². The summed E-state index contributed by atoms with van der Waals surface area (Å²) < 4.78 is 0. The molecule has 0 radical (unpaired) electrons. The van der Waals surface area contributed by atoms with E-state index in [0.717, 1.165) is 49.8 Å². The molecular formula is C23H36BNO. The van der Waals surface area contributed by atoms with Crippen molar-refractivity contribution in [1.82, 2.24) is 5.32 Å². The fraction of sp³-hybridized carbons (Fsp3) is 0.478. The maximum Gasteiger partial charge on any atom is 0.290 e. The van der Waals surface area contributed by atoms with Crippen LogP contribution in [0.4, 0.5) is 0 Å². The second-order valence-electron chi connectivity index (χ2n) is 7.47. The molecule has 2 N–H and O–H groups in total. The van der Waals surface area contributed by atoms with Gasteiger partial charge in [0.1, 0.15) is 0 Å². The molecule has 0 aliphatic heterocycles. The highest BCUT2D eigenvalue weighted by Gasteiger charge is 2.32. The highest BCUT2D eigenvalue weighted by atomic mass is 16.2. The monoisotopic (exact) mass is 353 g/mol. The van der Waals surface area contributed by atoms with Crippen LogP contribution >= 0.6 is 0 Å². The van der Waals surface area contributed by atoms with E-state index in [1.54, 1.807) is 0 Å². The molecule has 0 aliphatic rings. The van der Waals surface area contributed by atoms with Gasteiger partial charge in [0.15, 0.2) is 0 Å². The molecule has 1 atom stereocenters. The van der Waals surface area contributed by atoms with Gasteiger partial charge >= 0.3 is 0 Å². The lowest BCUT2D eigenvalue weighted by molar-refractivity contribution is 0.272. The van der Waals surface area contributed by atoms with E-state index in [-0.39, 0.29) is 12.9 Å². The van der Waals surface area contributed by atoms with E-state index in [1.165, 1.54) is 11.1 Å². The molecule has 1 aromatic rings. The summed E-state index contributed by atoms with van der Waals surface area (Å²) in [6, 6.07) is 8.79. The maximum atomic E-state index is 9.21. The summed E-state index contributed by atoms with van der Waals surface area (Å²) in [4.78, 5) is 0. The van der Waals surface area contributed by atoms with Gasteiger partial charge in [0.05, 0.1) is 0 Å². The van der Waals surface area contributed by atoms with E-state index in [4.69, 9.17) is 0 Å². The lowest BCUT2D eigenvalue weighted by Gasteiger charge is -2.37. The summed E-state index contributed by atoms with van der Waals surface area (Å²) >= 11 is 0. The number of hydrogen-bond acceptors (Lipinski definition) is 2. The van der Waals surface area contributed by atoms with Crippen LogP contribution in [0.25, 0.3) is 0 Å². The van der Waals surface area contributed by atoms with Crippen molar-refractivity contribution >= 4 is 7.48 Å². The van der Waals surface area contributed by atoms with E-state index in [1.807, 2.05) is 6.92 Å². The summed E-state index contributed by atoms with van der Waals surface area (Å²) in [5, 5.41) is 12.6. The van der Waals surface area contributed by atoms with Crippen molar-refractivity contribution in [3.63, 3.8) is 0 Å². The highest BCUT2D eigenvalue weighted by Crippen LogP contribution is 2.40. The zero-order valence-electron chi connectivity index (χ0n) is 17.0. The van der Waals surface area contributed by atoms with Crippen LogP contribution in [0.2, 0.25) is 0 Å². The quantitative estimate of drug-likeness (QED) is 0.296. The summed E-state index contributed by atoms with van der Waals surface area (Å²) in [7, 11) is 0.132. The van der Waals surface area contributed by atoms with Gasteiger partial charge < -0.3 is 10.3 Å². The topological polar surface area (TPSA) is 32.3 Å². The summed E-state index contributed by atoms with van der Waals surface area (Å²) in [5.41, 5.74) is 4.85. The number of aryl methyl sites for hydroxylation is 1. The van der Waals surface area contributed by atoms with Gasteiger partial charge in [0, 0.05) is 17.6 Å². The van der Waals surface area contributed by atoms with Crippen LogP contribution in [-0.4, -0.2) is 19.0 Å². The van der Waals surface area contributed by atoms with Crippen LogP contribution in [0.5, 0.6) is 0 Å². The Labute approximate surface area is 161 Å².